The predicted molar refractivity (Wildman–Crippen MR) is 124 cm³/mol. The maximum Gasteiger partial charge on any atom is 0.332 e. The normalized spacial score (nSPS) is 11.1. The van der Waals surface area contributed by atoms with Gasteiger partial charge in [0.2, 0.25) is 0 Å². The van der Waals surface area contributed by atoms with E-state index in [2.05, 4.69) is 5.32 Å². The van der Waals surface area contributed by atoms with Crippen molar-refractivity contribution < 1.29 is 14.3 Å². The molecule has 1 aromatic heterocycles. The minimum atomic E-state index is -0.720. The third kappa shape index (κ3) is 5.52. The second-order valence-corrected chi connectivity index (χ2v) is 7.24. The number of ether oxygens (including phenoxy) is 2. The molecule has 0 radical (unpaired) electrons. The van der Waals surface area contributed by atoms with E-state index in [0.717, 1.165) is 16.0 Å². The van der Waals surface area contributed by atoms with Gasteiger partial charge >= 0.3 is 5.97 Å². The first-order valence-corrected chi connectivity index (χ1v) is 10.00. The number of esters is 1. The fraction of sp³-hybridized carbons (Fsp3) is 0.182. The topological polar surface area (TPSA) is 97.4 Å². The first-order valence-electron chi connectivity index (χ1n) is 9.12. The van der Waals surface area contributed by atoms with E-state index >= 15 is 0 Å². The number of benzene rings is 2. The summed E-state index contributed by atoms with van der Waals surface area (Å²) in [7, 11) is 1.36. The lowest BCUT2D eigenvalue weighted by molar-refractivity contribution is -0.141. The van der Waals surface area contributed by atoms with Gasteiger partial charge in [-0.3, -0.25) is 5.41 Å². The highest BCUT2D eigenvalue weighted by atomic mass is 35.5. The summed E-state index contributed by atoms with van der Waals surface area (Å²) in [5, 5.41) is 12.7. The molecule has 0 saturated heterocycles. The standard InChI is InChI=1S/C22H23N3O3S.ClH/c1-3-28-18-12-15(19-5-4-10-29-19)11-16(13-18)20(22(26)27-2)25-17-8-6-14(7-9-17)21(23)24;/h4-13,20,25H,3H2,1-2H3,(H3,23,24);1H. The van der Waals surface area contributed by atoms with Crippen LogP contribution in [0.3, 0.4) is 0 Å². The molecular weight excluding hydrogens is 422 g/mol. The molecule has 0 amide bonds. The summed E-state index contributed by atoms with van der Waals surface area (Å²) in [6.07, 6.45) is 0. The summed E-state index contributed by atoms with van der Waals surface area (Å²) in [4.78, 5) is 13.7. The zero-order valence-electron chi connectivity index (χ0n) is 16.7. The van der Waals surface area contributed by atoms with E-state index < -0.39 is 12.0 Å². The van der Waals surface area contributed by atoms with Crippen LogP contribution in [0.2, 0.25) is 0 Å². The van der Waals surface area contributed by atoms with Gasteiger partial charge in [-0.05, 0) is 72.0 Å². The van der Waals surface area contributed by atoms with Crippen LogP contribution in [0.15, 0.2) is 60.0 Å². The fourth-order valence-corrected chi connectivity index (χ4v) is 3.65. The van der Waals surface area contributed by atoms with Gasteiger partial charge in [0.1, 0.15) is 11.6 Å². The number of amidine groups is 1. The molecule has 30 heavy (non-hydrogen) atoms. The highest BCUT2D eigenvalue weighted by Crippen LogP contribution is 2.33. The van der Waals surface area contributed by atoms with E-state index in [1.807, 2.05) is 42.6 Å². The van der Waals surface area contributed by atoms with Gasteiger partial charge in [0.15, 0.2) is 6.04 Å². The summed E-state index contributed by atoms with van der Waals surface area (Å²) in [6.45, 7) is 2.44. The number of nitrogens with one attached hydrogen (secondary N) is 2. The molecule has 1 unspecified atom stereocenters. The number of halogens is 1. The Kier molecular flexibility index (Phi) is 8.26. The molecular formula is C22H24ClN3O3S. The van der Waals surface area contributed by atoms with E-state index in [1.165, 1.54) is 7.11 Å². The molecule has 1 atom stereocenters. The molecule has 2 aromatic carbocycles. The highest BCUT2D eigenvalue weighted by molar-refractivity contribution is 7.13. The van der Waals surface area contributed by atoms with Crippen molar-refractivity contribution >= 4 is 41.2 Å². The number of anilines is 1. The molecule has 0 aliphatic carbocycles. The molecule has 0 aliphatic rings. The molecule has 158 valence electrons. The molecule has 3 rings (SSSR count). The van der Waals surface area contributed by atoms with Gasteiger partial charge in [0, 0.05) is 16.1 Å². The molecule has 1 heterocycles. The van der Waals surface area contributed by atoms with Gasteiger partial charge in [-0.25, -0.2) is 4.79 Å². The molecule has 0 aliphatic heterocycles. The van der Waals surface area contributed by atoms with Gasteiger partial charge in [-0.1, -0.05) is 6.07 Å². The number of hydrogen-bond donors (Lipinski definition) is 3. The summed E-state index contributed by atoms with van der Waals surface area (Å²) in [6, 6.07) is 16.1. The summed E-state index contributed by atoms with van der Waals surface area (Å²) < 4.78 is 10.8. The smallest absolute Gasteiger partial charge is 0.332 e. The van der Waals surface area contributed by atoms with E-state index in [1.54, 1.807) is 35.6 Å². The Labute approximate surface area is 185 Å². The maximum absolute atomic E-state index is 12.6. The summed E-state index contributed by atoms with van der Waals surface area (Å²) >= 11 is 1.62. The highest BCUT2D eigenvalue weighted by Gasteiger charge is 2.23. The Morgan fingerprint density at radius 3 is 2.50 bits per heavy atom. The molecule has 4 N–H and O–H groups in total. The Morgan fingerprint density at radius 1 is 1.20 bits per heavy atom. The summed E-state index contributed by atoms with van der Waals surface area (Å²) in [5.41, 5.74) is 8.55. The van der Waals surface area contributed by atoms with Gasteiger partial charge in [0.25, 0.3) is 0 Å². The molecule has 8 heteroatoms. The largest absolute Gasteiger partial charge is 0.494 e. The average molecular weight is 446 g/mol. The van der Waals surface area contributed by atoms with Crippen molar-refractivity contribution in [2.75, 3.05) is 19.0 Å². The molecule has 0 saturated carbocycles. The van der Waals surface area contributed by atoms with E-state index in [-0.39, 0.29) is 18.2 Å². The van der Waals surface area contributed by atoms with Crippen molar-refractivity contribution in [1.82, 2.24) is 0 Å². The van der Waals surface area contributed by atoms with Gasteiger partial charge < -0.3 is 20.5 Å². The third-order valence-electron chi connectivity index (χ3n) is 4.32. The Morgan fingerprint density at radius 2 is 1.93 bits per heavy atom. The van der Waals surface area contributed by atoms with Crippen molar-refractivity contribution in [3.63, 3.8) is 0 Å². The van der Waals surface area contributed by atoms with E-state index in [4.69, 9.17) is 20.6 Å². The molecule has 0 fully saturated rings. The van der Waals surface area contributed by atoms with Crippen LogP contribution in [-0.2, 0) is 9.53 Å². The first-order chi connectivity index (χ1) is 14.0. The quantitative estimate of drug-likeness (QED) is 0.261. The van der Waals surface area contributed by atoms with E-state index in [9.17, 15) is 4.79 Å². The third-order valence-corrected chi connectivity index (χ3v) is 5.24. The number of hydrogen-bond acceptors (Lipinski definition) is 6. The number of nitrogens with two attached hydrogens (primary N) is 1. The molecule has 0 bridgehead atoms. The summed E-state index contributed by atoms with van der Waals surface area (Å²) in [5.74, 6) is 0.272. The second kappa shape index (κ2) is 10.7. The number of carbonyl (C=O) groups is 1. The van der Waals surface area contributed by atoms with Crippen molar-refractivity contribution in [2.45, 2.75) is 13.0 Å². The second-order valence-electron chi connectivity index (χ2n) is 6.29. The van der Waals surface area contributed by atoms with Gasteiger partial charge in [-0.2, -0.15) is 0 Å². The monoisotopic (exact) mass is 445 g/mol. The zero-order valence-corrected chi connectivity index (χ0v) is 18.3. The molecule has 6 nitrogen and oxygen atoms in total. The van der Waals surface area contributed by atoms with Crippen molar-refractivity contribution in [3.8, 4) is 16.2 Å². The minimum Gasteiger partial charge on any atom is -0.494 e. The number of thiophene rings is 1. The fourth-order valence-electron chi connectivity index (χ4n) is 2.93. The van der Waals surface area contributed by atoms with Crippen LogP contribution in [-0.4, -0.2) is 25.5 Å². The Balaban J connectivity index is 0.00000320. The zero-order chi connectivity index (χ0) is 20.8. The molecule has 3 aromatic rings. The number of methoxy groups -OCH3 is 1. The van der Waals surface area contributed by atoms with Crippen LogP contribution in [0.1, 0.15) is 24.1 Å². The first kappa shape index (κ1) is 23.3. The van der Waals surface area contributed by atoms with Crippen LogP contribution in [0.25, 0.3) is 10.4 Å². The maximum atomic E-state index is 12.6. The Hall–Kier alpha value is -3.03. The predicted octanol–water partition coefficient (Wildman–Crippen LogP) is 4.85. The van der Waals surface area contributed by atoms with Crippen molar-refractivity contribution in [1.29, 1.82) is 5.41 Å². The van der Waals surface area contributed by atoms with Crippen LogP contribution in [0.4, 0.5) is 5.69 Å². The average Bonchev–Trinajstić information content (AvgIpc) is 3.27. The van der Waals surface area contributed by atoms with Gasteiger partial charge in [-0.15, -0.1) is 23.7 Å². The molecule has 0 spiro atoms. The SMILES string of the molecule is CCOc1cc(-c2cccs2)cc(C(Nc2ccc(C(=N)N)cc2)C(=O)OC)c1.Cl. The van der Waals surface area contributed by atoms with Crippen LogP contribution in [0.5, 0.6) is 5.75 Å². The lowest BCUT2D eigenvalue weighted by Crippen LogP contribution is -2.22. The van der Waals surface area contributed by atoms with Crippen molar-refractivity contribution in [3.05, 3.63) is 71.1 Å². The van der Waals surface area contributed by atoms with Crippen LogP contribution < -0.4 is 15.8 Å². The van der Waals surface area contributed by atoms with Crippen molar-refractivity contribution in [2.24, 2.45) is 5.73 Å². The lowest BCUT2D eigenvalue weighted by atomic mass is 10.0. The van der Waals surface area contributed by atoms with E-state index in [0.29, 0.717) is 23.6 Å². The van der Waals surface area contributed by atoms with Crippen LogP contribution in [0, 0.1) is 5.41 Å². The number of rotatable bonds is 8. The van der Waals surface area contributed by atoms with Crippen LogP contribution >= 0.6 is 23.7 Å². The Bertz CT molecular complexity index is 991. The number of carbonyl (C=O) groups excluding carboxylic acids is 1. The lowest BCUT2D eigenvalue weighted by Gasteiger charge is -2.20. The van der Waals surface area contributed by atoms with Gasteiger partial charge in [0.05, 0.1) is 13.7 Å². The number of nitrogen functional groups attached to an aromatic ring is 1. The minimum absolute atomic E-state index is 0.